The average molecular weight is 479 g/mol. The highest BCUT2D eigenvalue weighted by molar-refractivity contribution is 6.13. The standard InChI is InChI=1S/C27H30N2O6/c1-17-8-7-9-18(2)29(17)25(30)16-34-23-13-12-19(15-24(23)33-4)14-21-27(31)35-26(28-21)20-10-5-6-11-22(20)32-3/h5-6,10-15,17-18H,7-9,16H2,1-4H3/b21-14+/t17-,18+. The van der Waals surface area contributed by atoms with Crippen LogP contribution in [-0.4, -0.2) is 55.6 Å². The van der Waals surface area contributed by atoms with Crippen molar-refractivity contribution in [3.05, 3.63) is 59.3 Å². The maximum Gasteiger partial charge on any atom is 0.363 e. The summed E-state index contributed by atoms with van der Waals surface area (Å²) in [6.07, 6.45) is 4.76. The molecule has 2 aromatic rings. The number of likely N-dealkylation sites (tertiary alicyclic amines) is 1. The number of piperidine rings is 1. The second-order valence-corrected chi connectivity index (χ2v) is 8.67. The van der Waals surface area contributed by atoms with Crippen LogP contribution in [0.5, 0.6) is 17.2 Å². The Morgan fingerprint density at radius 1 is 1.06 bits per heavy atom. The molecule has 2 aromatic carbocycles. The lowest BCUT2D eigenvalue weighted by Crippen LogP contribution is -2.49. The van der Waals surface area contributed by atoms with E-state index in [1.54, 1.807) is 43.5 Å². The third-order valence-electron chi connectivity index (χ3n) is 6.28. The minimum absolute atomic E-state index is 0.0372. The molecule has 0 aliphatic carbocycles. The molecule has 0 spiro atoms. The number of aliphatic imine (C=N–C) groups is 1. The molecule has 8 nitrogen and oxygen atoms in total. The van der Waals surface area contributed by atoms with Crippen molar-refractivity contribution in [1.82, 2.24) is 4.90 Å². The molecule has 184 valence electrons. The number of esters is 1. The number of hydrogen-bond acceptors (Lipinski definition) is 7. The molecule has 8 heteroatoms. The van der Waals surface area contributed by atoms with Crippen LogP contribution in [0.15, 0.2) is 53.2 Å². The van der Waals surface area contributed by atoms with Gasteiger partial charge in [0.2, 0.25) is 5.90 Å². The van der Waals surface area contributed by atoms with Crippen molar-refractivity contribution in [1.29, 1.82) is 0 Å². The number of cyclic esters (lactones) is 1. The predicted molar refractivity (Wildman–Crippen MR) is 132 cm³/mol. The third-order valence-corrected chi connectivity index (χ3v) is 6.28. The van der Waals surface area contributed by atoms with Crippen LogP contribution >= 0.6 is 0 Å². The van der Waals surface area contributed by atoms with E-state index in [1.165, 1.54) is 7.11 Å². The monoisotopic (exact) mass is 478 g/mol. The van der Waals surface area contributed by atoms with E-state index >= 15 is 0 Å². The lowest BCUT2D eigenvalue weighted by molar-refractivity contribution is -0.139. The molecule has 1 saturated heterocycles. The largest absolute Gasteiger partial charge is 0.496 e. The van der Waals surface area contributed by atoms with E-state index in [-0.39, 0.29) is 36.2 Å². The number of hydrogen-bond donors (Lipinski definition) is 0. The normalized spacial score (nSPS) is 20.9. The Balaban J connectivity index is 1.49. The van der Waals surface area contributed by atoms with Gasteiger partial charge in [-0.05, 0) is 69.0 Å². The topological polar surface area (TPSA) is 86.7 Å². The van der Waals surface area contributed by atoms with Crippen molar-refractivity contribution in [2.45, 2.75) is 45.2 Å². The van der Waals surface area contributed by atoms with Crippen LogP contribution in [0.2, 0.25) is 0 Å². The van der Waals surface area contributed by atoms with Crippen LogP contribution < -0.4 is 14.2 Å². The molecule has 4 rings (SSSR count). The van der Waals surface area contributed by atoms with Gasteiger partial charge in [-0.1, -0.05) is 18.2 Å². The Hall–Kier alpha value is -3.81. The summed E-state index contributed by atoms with van der Waals surface area (Å²) in [6, 6.07) is 12.8. The van der Waals surface area contributed by atoms with Crippen molar-refractivity contribution < 1.29 is 28.5 Å². The van der Waals surface area contributed by atoms with Gasteiger partial charge < -0.3 is 23.8 Å². The quantitative estimate of drug-likeness (QED) is 0.438. The number of para-hydroxylation sites is 1. The zero-order chi connectivity index (χ0) is 24.9. The highest BCUT2D eigenvalue weighted by Crippen LogP contribution is 2.31. The average Bonchev–Trinajstić information content (AvgIpc) is 3.22. The third kappa shape index (κ3) is 5.31. The Labute approximate surface area is 205 Å². The number of carbonyl (C=O) groups is 2. The summed E-state index contributed by atoms with van der Waals surface area (Å²) < 4.78 is 22.0. The van der Waals surface area contributed by atoms with Gasteiger partial charge in [0.05, 0.1) is 19.8 Å². The van der Waals surface area contributed by atoms with Crippen LogP contribution in [0.4, 0.5) is 0 Å². The number of benzene rings is 2. The number of methoxy groups -OCH3 is 2. The fraction of sp³-hybridized carbons (Fsp3) is 0.370. The zero-order valence-corrected chi connectivity index (χ0v) is 20.4. The van der Waals surface area contributed by atoms with Crippen LogP contribution in [0.1, 0.15) is 44.2 Å². The summed E-state index contributed by atoms with van der Waals surface area (Å²) in [5.74, 6) is 1.06. The summed E-state index contributed by atoms with van der Waals surface area (Å²) in [5.41, 5.74) is 1.43. The lowest BCUT2D eigenvalue weighted by Gasteiger charge is -2.39. The molecule has 0 aromatic heterocycles. The number of amides is 1. The molecule has 2 aliphatic heterocycles. The van der Waals surface area contributed by atoms with Gasteiger partial charge in [0, 0.05) is 12.1 Å². The van der Waals surface area contributed by atoms with Crippen molar-refractivity contribution in [2.75, 3.05) is 20.8 Å². The fourth-order valence-electron chi connectivity index (χ4n) is 4.52. The lowest BCUT2D eigenvalue weighted by atomic mass is 9.97. The summed E-state index contributed by atoms with van der Waals surface area (Å²) in [5, 5.41) is 0. The first kappa shape index (κ1) is 24.3. The van der Waals surface area contributed by atoms with Gasteiger partial charge >= 0.3 is 5.97 Å². The summed E-state index contributed by atoms with van der Waals surface area (Å²) in [7, 11) is 3.07. The highest BCUT2D eigenvalue weighted by atomic mass is 16.6. The van der Waals surface area contributed by atoms with Gasteiger partial charge in [-0.3, -0.25) is 4.79 Å². The first-order valence-electron chi connectivity index (χ1n) is 11.7. The number of ether oxygens (including phenoxy) is 4. The zero-order valence-electron chi connectivity index (χ0n) is 20.4. The Morgan fingerprint density at radius 2 is 1.77 bits per heavy atom. The molecule has 1 amide bonds. The van der Waals surface area contributed by atoms with E-state index in [1.807, 2.05) is 17.0 Å². The number of nitrogens with zero attached hydrogens (tertiary/aromatic N) is 2. The van der Waals surface area contributed by atoms with Gasteiger partial charge in [0.25, 0.3) is 5.91 Å². The smallest absolute Gasteiger partial charge is 0.363 e. The SMILES string of the molecule is COc1cc(/C=C2/N=C(c3ccccc3OC)OC2=O)ccc1OCC(=O)N1[C@H](C)CCC[C@@H]1C. The Kier molecular flexibility index (Phi) is 7.39. The molecule has 0 saturated carbocycles. The molecule has 2 atom stereocenters. The minimum Gasteiger partial charge on any atom is -0.496 e. The molecule has 2 aliphatic rings. The van der Waals surface area contributed by atoms with Crippen molar-refractivity contribution in [3.8, 4) is 17.2 Å². The first-order chi connectivity index (χ1) is 16.9. The maximum atomic E-state index is 12.8. The van der Waals surface area contributed by atoms with Crippen LogP contribution in [0, 0.1) is 0 Å². The number of carbonyl (C=O) groups excluding carboxylic acids is 2. The Morgan fingerprint density at radius 3 is 2.49 bits per heavy atom. The van der Waals surface area contributed by atoms with E-state index < -0.39 is 5.97 Å². The van der Waals surface area contributed by atoms with E-state index in [2.05, 4.69) is 18.8 Å². The predicted octanol–water partition coefficient (Wildman–Crippen LogP) is 4.22. The highest BCUT2D eigenvalue weighted by Gasteiger charge is 2.29. The fourth-order valence-corrected chi connectivity index (χ4v) is 4.52. The molecule has 0 unspecified atom stereocenters. The van der Waals surface area contributed by atoms with Crippen molar-refractivity contribution in [3.63, 3.8) is 0 Å². The van der Waals surface area contributed by atoms with E-state index in [4.69, 9.17) is 18.9 Å². The maximum absolute atomic E-state index is 12.8. The van der Waals surface area contributed by atoms with Gasteiger partial charge in [0.1, 0.15) is 5.75 Å². The second-order valence-electron chi connectivity index (χ2n) is 8.67. The first-order valence-corrected chi connectivity index (χ1v) is 11.7. The van der Waals surface area contributed by atoms with E-state index in [0.717, 1.165) is 19.3 Å². The summed E-state index contributed by atoms with van der Waals surface area (Å²) in [4.78, 5) is 31.5. The van der Waals surface area contributed by atoms with Crippen LogP contribution in [0.25, 0.3) is 6.08 Å². The van der Waals surface area contributed by atoms with Crippen molar-refractivity contribution >= 4 is 23.9 Å². The molecule has 0 N–H and O–H groups in total. The molecule has 2 heterocycles. The van der Waals surface area contributed by atoms with Gasteiger partial charge in [-0.2, -0.15) is 0 Å². The molecule has 35 heavy (non-hydrogen) atoms. The molecular formula is C27H30N2O6. The van der Waals surface area contributed by atoms with Gasteiger partial charge in [0.15, 0.2) is 23.8 Å². The van der Waals surface area contributed by atoms with Crippen LogP contribution in [0.3, 0.4) is 0 Å². The number of rotatable bonds is 7. The second kappa shape index (κ2) is 10.6. The molecular weight excluding hydrogens is 448 g/mol. The summed E-state index contributed by atoms with van der Waals surface area (Å²) in [6.45, 7) is 4.09. The van der Waals surface area contributed by atoms with E-state index in [0.29, 0.717) is 28.4 Å². The van der Waals surface area contributed by atoms with Gasteiger partial charge in [-0.25, -0.2) is 9.79 Å². The molecule has 0 radical (unpaired) electrons. The van der Waals surface area contributed by atoms with Crippen LogP contribution in [-0.2, 0) is 14.3 Å². The Bertz CT molecular complexity index is 1160. The molecule has 1 fully saturated rings. The summed E-state index contributed by atoms with van der Waals surface area (Å²) >= 11 is 0. The minimum atomic E-state index is -0.555. The van der Waals surface area contributed by atoms with Crippen molar-refractivity contribution in [2.24, 2.45) is 4.99 Å². The van der Waals surface area contributed by atoms with E-state index in [9.17, 15) is 9.59 Å². The van der Waals surface area contributed by atoms with Gasteiger partial charge in [-0.15, -0.1) is 0 Å². The molecule has 0 bridgehead atoms.